The van der Waals surface area contributed by atoms with Gasteiger partial charge in [0.1, 0.15) is 0 Å². The maximum Gasteiger partial charge on any atom is 0.264 e. The van der Waals surface area contributed by atoms with Crippen LogP contribution in [-0.4, -0.2) is 72.3 Å². The molecule has 0 unspecified atom stereocenters. The number of rotatable bonds is 5. The highest BCUT2D eigenvalue weighted by Gasteiger charge is 2.25. The van der Waals surface area contributed by atoms with Gasteiger partial charge < -0.3 is 9.80 Å². The third-order valence-corrected chi connectivity index (χ3v) is 5.87. The van der Waals surface area contributed by atoms with E-state index in [1.807, 2.05) is 54.0 Å². The van der Waals surface area contributed by atoms with Gasteiger partial charge in [0.25, 0.3) is 5.91 Å². The molecule has 3 rings (SSSR count). The number of carbonyl (C=O) groups is 2. The van der Waals surface area contributed by atoms with Crippen LogP contribution in [0.4, 0.5) is 0 Å². The summed E-state index contributed by atoms with van der Waals surface area (Å²) in [5.41, 5.74) is 0. The van der Waals surface area contributed by atoms with Gasteiger partial charge >= 0.3 is 0 Å². The summed E-state index contributed by atoms with van der Waals surface area (Å²) in [4.78, 5) is 31.7. The van der Waals surface area contributed by atoms with E-state index in [-0.39, 0.29) is 11.8 Å². The number of likely N-dealkylation sites (N-methyl/N-ethyl adjacent to an activating group) is 1. The Balaban J connectivity index is 1.56. The summed E-state index contributed by atoms with van der Waals surface area (Å²) in [6.45, 7) is 8.82. The van der Waals surface area contributed by atoms with Crippen molar-refractivity contribution in [3.63, 3.8) is 0 Å². The molecule has 6 heteroatoms. The van der Waals surface area contributed by atoms with Crippen LogP contribution in [0.25, 0.3) is 10.1 Å². The molecule has 0 saturated carbocycles. The van der Waals surface area contributed by atoms with Crippen molar-refractivity contribution in [2.75, 3.05) is 45.8 Å². The molecule has 2 heterocycles. The highest BCUT2D eigenvalue weighted by atomic mass is 32.1. The topological polar surface area (TPSA) is 43.9 Å². The third-order valence-electron chi connectivity index (χ3n) is 4.77. The second-order valence-electron chi connectivity index (χ2n) is 6.28. The molecule has 1 aliphatic rings. The number of piperazine rings is 1. The molecule has 0 bridgehead atoms. The fraction of sp³-hybridized carbons (Fsp3) is 0.474. The summed E-state index contributed by atoms with van der Waals surface area (Å²) < 4.78 is 1.15. The highest BCUT2D eigenvalue weighted by Crippen LogP contribution is 2.26. The van der Waals surface area contributed by atoms with E-state index in [1.54, 1.807) is 11.3 Å². The van der Waals surface area contributed by atoms with Crippen LogP contribution in [0.3, 0.4) is 0 Å². The largest absolute Gasteiger partial charge is 0.342 e. The third kappa shape index (κ3) is 4.02. The summed E-state index contributed by atoms with van der Waals surface area (Å²) in [7, 11) is 0. The van der Waals surface area contributed by atoms with Crippen molar-refractivity contribution in [2.24, 2.45) is 0 Å². The molecule has 1 saturated heterocycles. The van der Waals surface area contributed by atoms with Crippen LogP contribution in [0, 0.1) is 0 Å². The Bertz CT molecular complexity index is 713. The second kappa shape index (κ2) is 7.97. The fourth-order valence-electron chi connectivity index (χ4n) is 3.22. The number of carbonyl (C=O) groups excluding carboxylic acids is 2. The van der Waals surface area contributed by atoms with Crippen LogP contribution < -0.4 is 0 Å². The van der Waals surface area contributed by atoms with Crippen LogP contribution in [0.2, 0.25) is 0 Å². The van der Waals surface area contributed by atoms with Crippen LogP contribution in [0.5, 0.6) is 0 Å². The molecule has 1 fully saturated rings. The molecule has 0 N–H and O–H groups in total. The highest BCUT2D eigenvalue weighted by molar-refractivity contribution is 7.20. The number of thiophene rings is 1. The number of hydrogen-bond donors (Lipinski definition) is 0. The van der Waals surface area contributed by atoms with Crippen molar-refractivity contribution in [2.45, 2.75) is 13.8 Å². The summed E-state index contributed by atoms with van der Waals surface area (Å²) >= 11 is 1.55. The molecule has 1 aromatic heterocycles. The Kier molecular flexibility index (Phi) is 5.71. The van der Waals surface area contributed by atoms with Gasteiger partial charge in [0.05, 0.1) is 11.4 Å². The summed E-state index contributed by atoms with van der Waals surface area (Å²) in [6, 6.07) is 10.1. The minimum absolute atomic E-state index is 0.107. The van der Waals surface area contributed by atoms with E-state index in [1.165, 1.54) is 0 Å². The van der Waals surface area contributed by atoms with Gasteiger partial charge in [-0.3, -0.25) is 14.5 Å². The smallest absolute Gasteiger partial charge is 0.264 e. The Morgan fingerprint density at radius 3 is 2.40 bits per heavy atom. The predicted molar refractivity (Wildman–Crippen MR) is 102 cm³/mol. The number of nitrogens with zero attached hydrogens (tertiary/aromatic N) is 3. The van der Waals surface area contributed by atoms with Gasteiger partial charge in [-0.05, 0) is 31.4 Å². The van der Waals surface area contributed by atoms with Gasteiger partial charge in [-0.2, -0.15) is 0 Å². The molecule has 0 atom stereocenters. The summed E-state index contributed by atoms with van der Waals surface area (Å²) in [5, 5.41) is 1.12. The van der Waals surface area contributed by atoms with Gasteiger partial charge in [0.15, 0.2) is 0 Å². The first kappa shape index (κ1) is 17.9. The minimum Gasteiger partial charge on any atom is -0.342 e. The number of benzene rings is 1. The summed E-state index contributed by atoms with van der Waals surface area (Å²) in [5.74, 6) is 0.283. The number of hydrogen-bond acceptors (Lipinski definition) is 4. The normalized spacial score (nSPS) is 15.5. The maximum atomic E-state index is 12.7. The molecule has 1 aliphatic heterocycles. The Labute approximate surface area is 152 Å². The standard InChI is InChI=1S/C19H25N3O2S/c1-3-21(4-2)18(23)14-20-9-11-22(12-10-20)19(24)17-13-15-7-5-6-8-16(15)25-17/h5-8,13H,3-4,9-12,14H2,1-2H3. The fourth-order valence-corrected chi connectivity index (χ4v) is 4.25. The van der Waals surface area contributed by atoms with E-state index in [9.17, 15) is 9.59 Å². The predicted octanol–water partition coefficient (Wildman–Crippen LogP) is 2.53. The van der Waals surface area contributed by atoms with E-state index >= 15 is 0 Å². The molecule has 2 amide bonds. The first-order valence-electron chi connectivity index (χ1n) is 8.90. The molecule has 0 radical (unpaired) electrons. The van der Waals surface area contributed by atoms with Gasteiger partial charge in [-0.25, -0.2) is 0 Å². The zero-order valence-corrected chi connectivity index (χ0v) is 15.7. The molecule has 134 valence electrons. The lowest BCUT2D eigenvalue weighted by molar-refractivity contribution is -0.132. The van der Waals surface area contributed by atoms with Crippen molar-refractivity contribution < 1.29 is 9.59 Å². The lowest BCUT2D eigenvalue weighted by Crippen LogP contribution is -2.51. The lowest BCUT2D eigenvalue weighted by Gasteiger charge is -2.35. The Hall–Kier alpha value is -1.92. The SMILES string of the molecule is CCN(CC)C(=O)CN1CCN(C(=O)c2cc3ccccc3s2)CC1. The molecule has 0 aliphatic carbocycles. The molecule has 1 aromatic carbocycles. The average Bonchev–Trinajstić information content (AvgIpc) is 3.07. The monoisotopic (exact) mass is 359 g/mol. The van der Waals surface area contributed by atoms with Gasteiger partial charge in [0, 0.05) is 44.0 Å². The van der Waals surface area contributed by atoms with Crippen LogP contribution in [0.15, 0.2) is 30.3 Å². The van der Waals surface area contributed by atoms with Crippen molar-refractivity contribution in [3.05, 3.63) is 35.2 Å². The maximum absolute atomic E-state index is 12.7. The van der Waals surface area contributed by atoms with Crippen LogP contribution in [0.1, 0.15) is 23.5 Å². The van der Waals surface area contributed by atoms with Gasteiger partial charge in [-0.15, -0.1) is 11.3 Å². The lowest BCUT2D eigenvalue weighted by atomic mass is 10.2. The van der Waals surface area contributed by atoms with Gasteiger partial charge in [0.2, 0.25) is 5.91 Å². The zero-order valence-electron chi connectivity index (χ0n) is 14.9. The van der Waals surface area contributed by atoms with E-state index in [4.69, 9.17) is 0 Å². The van der Waals surface area contributed by atoms with E-state index < -0.39 is 0 Å². The van der Waals surface area contributed by atoms with E-state index in [0.29, 0.717) is 19.6 Å². The Morgan fingerprint density at radius 1 is 1.08 bits per heavy atom. The Morgan fingerprint density at radius 2 is 1.76 bits per heavy atom. The average molecular weight is 359 g/mol. The molecule has 25 heavy (non-hydrogen) atoms. The summed E-state index contributed by atoms with van der Waals surface area (Å²) in [6.07, 6.45) is 0. The van der Waals surface area contributed by atoms with Gasteiger partial charge in [-0.1, -0.05) is 18.2 Å². The molecule has 2 aromatic rings. The number of amides is 2. The second-order valence-corrected chi connectivity index (χ2v) is 7.37. The van der Waals surface area contributed by atoms with Crippen molar-refractivity contribution in [1.82, 2.24) is 14.7 Å². The zero-order chi connectivity index (χ0) is 17.8. The quantitative estimate of drug-likeness (QED) is 0.824. The van der Waals surface area contributed by atoms with Crippen LogP contribution >= 0.6 is 11.3 Å². The van der Waals surface area contributed by atoms with E-state index in [0.717, 1.165) is 41.1 Å². The minimum atomic E-state index is 0.107. The molecular weight excluding hydrogens is 334 g/mol. The first-order valence-corrected chi connectivity index (χ1v) is 9.72. The molecule has 0 spiro atoms. The molecule has 5 nitrogen and oxygen atoms in total. The molecular formula is C19H25N3O2S. The van der Waals surface area contributed by atoms with E-state index in [2.05, 4.69) is 4.90 Å². The van der Waals surface area contributed by atoms with Crippen molar-refractivity contribution in [1.29, 1.82) is 0 Å². The number of fused-ring (bicyclic) bond motifs is 1. The van der Waals surface area contributed by atoms with Crippen molar-refractivity contribution >= 4 is 33.2 Å². The van der Waals surface area contributed by atoms with Crippen molar-refractivity contribution in [3.8, 4) is 0 Å². The van der Waals surface area contributed by atoms with Crippen LogP contribution in [-0.2, 0) is 4.79 Å². The first-order chi connectivity index (χ1) is 12.1.